The number of benzene rings is 2. The lowest BCUT2D eigenvalue weighted by Gasteiger charge is -2.03. The number of nitrogens with zero attached hydrogens (tertiary/aromatic N) is 1. The van der Waals surface area contributed by atoms with Gasteiger partial charge in [-0.3, -0.25) is 4.79 Å². The number of halogens is 1. The summed E-state index contributed by atoms with van der Waals surface area (Å²) in [5, 5.41) is 4.32. The van der Waals surface area contributed by atoms with E-state index in [1.807, 2.05) is 37.3 Å². The Hall–Kier alpha value is -2.33. The summed E-state index contributed by atoms with van der Waals surface area (Å²) >= 11 is 6.03. The maximum absolute atomic E-state index is 11.9. The number of hydrogen-bond acceptors (Lipinski definition) is 3. The average molecular weight is 303 g/mol. The molecule has 0 aliphatic carbocycles. The highest BCUT2D eigenvalue weighted by atomic mass is 35.5. The van der Waals surface area contributed by atoms with E-state index in [-0.39, 0.29) is 5.91 Å². The Morgan fingerprint density at radius 1 is 1.24 bits per heavy atom. The number of carbonyl (C=O) groups is 1. The van der Waals surface area contributed by atoms with E-state index in [1.165, 1.54) is 0 Å². The molecule has 1 amide bonds. The lowest BCUT2D eigenvalue weighted by Crippen LogP contribution is -2.18. The minimum Gasteiger partial charge on any atom is -0.497 e. The van der Waals surface area contributed by atoms with Crippen molar-refractivity contribution in [2.45, 2.75) is 6.92 Å². The maximum atomic E-state index is 11.9. The third kappa shape index (κ3) is 4.07. The highest BCUT2D eigenvalue weighted by Crippen LogP contribution is 2.17. The Morgan fingerprint density at radius 2 is 1.95 bits per heavy atom. The predicted octanol–water partition coefficient (Wildman–Crippen LogP) is 3.42. The fourth-order valence-electron chi connectivity index (χ4n) is 1.72. The number of hydrazone groups is 1. The molecule has 4 nitrogen and oxygen atoms in total. The van der Waals surface area contributed by atoms with E-state index >= 15 is 0 Å². The highest BCUT2D eigenvalue weighted by Gasteiger charge is 2.08. The molecule has 5 heteroatoms. The number of rotatable bonds is 4. The van der Waals surface area contributed by atoms with Crippen LogP contribution in [0.25, 0.3) is 0 Å². The Kier molecular flexibility index (Phi) is 4.95. The highest BCUT2D eigenvalue weighted by molar-refractivity contribution is 6.33. The first kappa shape index (κ1) is 15.1. The standard InChI is InChI=1S/C16H15ClN2O2/c1-11-3-8-14(15(17)9-11)16(20)19-18-10-12-4-6-13(21-2)7-5-12/h3-10H,1-2H3,(H,19,20)/b18-10+. The van der Waals surface area contributed by atoms with Gasteiger partial charge in [-0.25, -0.2) is 5.43 Å². The smallest absolute Gasteiger partial charge is 0.272 e. The summed E-state index contributed by atoms with van der Waals surface area (Å²) in [5.41, 5.74) is 4.70. The van der Waals surface area contributed by atoms with Gasteiger partial charge in [0.25, 0.3) is 5.91 Å². The SMILES string of the molecule is COc1ccc(/C=N/NC(=O)c2ccc(C)cc2Cl)cc1. The van der Waals surface area contributed by atoms with Crippen LogP contribution >= 0.6 is 11.6 Å². The van der Waals surface area contributed by atoms with Gasteiger partial charge in [-0.15, -0.1) is 0 Å². The zero-order valence-electron chi connectivity index (χ0n) is 11.8. The molecule has 0 unspecified atom stereocenters. The van der Waals surface area contributed by atoms with Crippen molar-refractivity contribution in [3.8, 4) is 5.75 Å². The summed E-state index contributed by atoms with van der Waals surface area (Å²) in [5.74, 6) is 0.424. The molecule has 1 N–H and O–H groups in total. The summed E-state index contributed by atoms with van der Waals surface area (Å²) in [7, 11) is 1.61. The molecule has 2 rings (SSSR count). The molecule has 0 aromatic heterocycles. The fourth-order valence-corrected chi connectivity index (χ4v) is 2.04. The summed E-state index contributed by atoms with van der Waals surface area (Å²) in [6, 6.07) is 12.6. The van der Waals surface area contributed by atoms with Crippen LogP contribution in [0.3, 0.4) is 0 Å². The maximum Gasteiger partial charge on any atom is 0.272 e. The van der Waals surface area contributed by atoms with Crippen LogP contribution < -0.4 is 10.2 Å². The second-order valence-corrected chi connectivity index (χ2v) is 4.86. The largest absolute Gasteiger partial charge is 0.497 e. The van der Waals surface area contributed by atoms with Crippen LogP contribution in [0.15, 0.2) is 47.6 Å². The van der Waals surface area contributed by atoms with E-state index in [4.69, 9.17) is 16.3 Å². The monoisotopic (exact) mass is 302 g/mol. The van der Waals surface area contributed by atoms with Crippen LogP contribution in [0, 0.1) is 6.92 Å². The molecule has 0 heterocycles. The zero-order chi connectivity index (χ0) is 15.2. The molecular formula is C16H15ClN2O2. The van der Waals surface area contributed by atoms with Crippen molar-refractivity contribution in [3.63, 3.8) is 0 Å². The summed E-state index contributed by atoms with van der Waals surface area (Å²) in [6.45, 7) is 1.91. The van der Waals surface area contributed by atoms with Gasteiger partial charge in [0, 0.05) is 0 Å². The van der Waals surface area contributed by atoms with Crippen LogP contribution in [0.1, 0.15) is 21.5 Å². The summed E-state index contributed by atoms with van der Waals surface area (Å²) in [6.07, 6.45) is 1.55. The fraction of sp³-hybridized carbons (Fsp3) is 0.125. The number of hydrogen-bond donors (Lipinski definition) is 1. The van der Waals surface area contributed by atoms with Crippen molar-refractivity contribution in [1.29, 1.82) is 0 Å². The third-order valence-electron chi connectivity index (χ3n) is 2.86. The Morgan fingerprint density at radius 3 is 2.57 bits per heavy atom. The molecule has 0 radical (unpaired) electrons. The van der Waals surface area contributed by atoms with Gasteiger partial charge < -0.3 is 4.74 Å². The van der Waals surface area contributed by atoms with E-state index in [0.29, 0.717) is 10.6 Å². The van der Waals surface area contributed by atoms with Crippen molar-refractivity contribution in [2.24, 2.45) is 5.10 Å². The van der Waals surface area contributed by atoms with Gasteiger partial charge in [0.2, 0.25) is 0 Å². The van der Waals surface area contributed by atoms with Crippen molar-refractivity contribution < 1.29 is 9.53 Å². The molecule has 2 aromatic rings. The third-order valence-corrected chi connectivity index (χ3v) is 3.18. The molecule has 0 atom stereocenters. The average Bonchev–Trinajstić information content (AvgIpc) is 2.47. The van der Waals surface area contributed by atoms with Crippen LogP contribution in [0.4, 0.5) is 0 Å². The molecule has 108 valence electrons. The number of amides is 1. The van der Waals surface area contributed by atoms with Crippen molar-refractivity contribution in [2.75, 3.05) is 7.11 Å². The normalized spacial score (nSPS) is 10.6. The molecule has 0 bridgehead atoms. The van der Waals surface area contributed by atoms with Crippen LogP contribution in [-0.2, 0) is 0 Å². The number of nitrogens with one attached hydrogen (secondary N) is 1. The predicted molar refractivity (Wildman–Crippen MR) is 84.2 cm³/mol. The van der Waals surface area contributed by atoms with E-state index < -0.39 is 0 Å². The lowest BCUT2D eigenvalue weighted by molar-refractivity contribution is 0.0955. The van der Waals surface area contributed by atoms with Gasteiger partial charge in [0.1, 0.15) is 5.75 Å². The van der Waals surface area contributed by atoms with E-state index in [9.17, 15) is 4.79 Å². The number of carbonyl (C=O) groups excluding carboxylic acids is 1. The van der Waals surface area contributed by atoms with Gasteiger partial charge >= 0.3 is 0 Å². The van der Waals surface area contributed by atoms with E-state index in [2.05, 4.69) is 10.5 Å². The number of aryl methyl sites for hydroxylation is 1. The minimum absolute atomic E-state index is 0.343. The lowest BCUT2D eigenvalue weighted by atomic mass is 10.1. The van der Waals surface area contributed by atoms with Crippen molar-refractivity contribution in [3.05, 3.63) is 64.2 Å². The van der Waals surface area contributed by atoms with Crippen LogP contribution in [0.5, 0.6) is 5.75 Å². The first-order valence-corrected chi connectivity index (χ1v) is 6.71. The molecule has 0 aliphatic heterocycles. The van der Waals surface area contributed by atoms with Gasteiger partial charge in [0.15, 0.2) is 0 Å². The first-order valence-electron chi connectivity index (χ1n) is 6.34. The zero-order valence-corrected chi connectivity index (χ0v) is 12.5. The van der Waals surface area contributed by atoms with Gasteiger partial charge in [-0.05, 0) is 54.4 Å². The molecule has 0 saturated heterocycles. The topological polar surface area (TPSA) is 50.7 Å². The number of methoxy groups -OCH3 is 1. The molecular weight excluding hydrogens is 288 g/mol. The van der Waals surface area contributed by atoms with Gasteiger partial charge in [-0.2, -0.15) is 5.10 Å². The Balaban J connectivity index is 2.01. The molecule has 0 saturated carbocycles. The Labute approximate surface area is 128 Å². The second-order valence-electron chi connectivity index (χ2n) is 4.46. The van der Waals surface area contributed by atoms with Crippen molar-refractivity contribution >= 4 is 23.7 Å². The van der Waals surface area contributed by atoms with Gasteiger partial charge in [0.05, 0.1) is 23.9 Å². The molecule has 21 heavy (non-hydrogen) atoms. The Bertz CT molecular complexity index is 666. The molecule has 2 aromatic carbocycles. The summed E-state index contributed by atoms with van der Waals surface area (Å²) in [4.78, 5) is 11.9. The summed E-state index contributed by atoms with van der Waals surface area (Å²) < 4.78 is 5.06. The second kappa shape index (κ2) is 6.90. The quantitative estimate of drug-likeness (QED) is 0.695. The first-order chi connectivity index (χ1) is 10.1. The molecule has 0 spiro atoms. The van der Waals surface area contributed by atoms with Gasteiger partial charge in [-0.1, -0.05) is 17.7 Å². The molecule has 0 fully saturated rings. The minimum atomic E-state index is -0.343. The van der Waals surface area contributed by atoms with E-state index in [0.717, 1.165) is 16.9 Å². The van der Waals surface area contributed by atoms with Crippen LogP contribution in [0.2, 0.25) is 5.02 Å². The van der Waals surface area contributed by atoms with E-state index in [1.54, 1.807) is 25.5 Å². The van der Waals surface area contributed by atoms with Crippen molar-refractivity contribution in [1.82, 2.24) is 5.43 Å². The molecule has 0 aliphatic rings. The van der Waals surface area contributed by atoms with Crippen LogP contribution in [-0.4, -0.2) is 19.2 Å². The number of ether oxygens (including phenoxy) is 1.